The Morgan fingerprint density at radius 1 is 1.25 bits per heavy atom. The third kappa shape index (κ3) is 3.74. The highest BCUT2D eigenvalue weighted by Gasteiger charge is 2.32. The SMILES string of the molecule is CCCC(NCC(CC)(CC)CO)C1CC1. The minimum Gasteiger partial charge on any atom is -0.396 e. The lowest BCUT2D eigenvalue weighted by Gasteiger charge is -2.32. The zero-order valence-electron chi connectivity index (χ0n) is 11.3. The van der Waals surface area contributed by atoms with Gasteiger partial charge in [0, 0.05) is 24.6 Å². The molecule has 1 rings (SSSR count). The van der Waals surface area contributed by atoms with Crippen molar-refractivity contribution in [3.8, 4) is 0 Å². The molecule has 0 aliphatic heterocycles. The normalized spacial score (nSPS) is 18.8. The lowest BCUT2D eigenvalue weighted by Crippen LogP contribution is -2.42. The Bertz CT molecular complexity index is 177. The van der Waals surface area contributed by atoms with Crippen LogP contribution in [-0.2, 0) is 0 Å². The van der Waals surface area contributed by atoms with Crippen LogP contribution in [0.1, 0.15) is 59.3 Å². The van der Waals surface area contributed by atoms with E-state index in [0.717, 1.165) is 25.3 Å². The van der Waals surface area contributed by atoms with Crippen molar-refractivity contribution >= 4 is 0 Å². The second-order valence-corrected chi connectivity index (χ2v) is 5.48. The maximum absolute atomic E-state index is 9.53. The van der Waals surface area contributed by atoms with Gasteiger partial charge in [-0.15, -0.1) is 0 Å². The molecule has 96 valence electrons. The summed E-state index contributed by atoms with van der Waals surface area (Å²) in [6.07, 6.45) is 7.50. The van der Waals surface area contributed by atoms with Crippen LogP contribution in [0.25, 0.3) is 0 Å². The summed E-state index contributed by atoms with van der Waals surface area (Å²) in [5, 5.41) is 13.2. The van der Waals surface area contributed by atoms with Crippen molar-refractivity contribution in [1.82, 2.24) is 5.32 Å². The van der Waals surface area contributed by atoms with Crippen molar-refractivity contribution in [2.75, 3.05) is 13.2 Å². The summed E-state index contributed by atoms with van der Waals surface area (Å²) in [6.45, 7) is 7.94. The van der Waals surface area contributed by atoms with Crippen LogP contribution in [0.2, 0.25) is 0 Å². The number of hydrogen-bond donors (Lipinski definition) is 2. The number of hydrogen-bond acceptors (Lipinski definition) is 2. The first-order valence-electron chi connectivity index (χ1n) is 7.05. The highest BCUT2D eigenvalue weighted by molar-refractivity contribution is 4.88. The van der Waals surface area contributed by atoms with Crippen LogP contribution < -0.4 is 5.32 Å². The van der Waals surface area contributed by atoms with Gasteiger partial charge in [0.1, 0.15) is 0 Å². The van der Waals surface area contributed by atoms with Gasteiger partial charge in [0.15, 0.2) is 0 Å². The minimum absolute atomic E-state index is 0.112. The van der Waals surface area contributed by atoms with Crippen molar-refractivity contribution in [1.29, 1.82) is 0 Å². The molecular weight excluding hydrogens is 198 g/mol. The summed E-state index contributed by atoms with van der Waals surface area (Å²) >= 11 is 0. The van der Waals surface area contributed by atoms with Gasteiger partial charge in [0.05, 0.1) is 0 Å². The molecule has 1 unspecified atom stereocenters. The standard InChI is InChI=1S/C14H29NO/c1-4-7-13(12-8-9-12)15-10-14(5-2,6-3)11-16/h12-13,15-16H,4-11H2,1-3H3. The van der Waals surface area contributed by atoms with Crippen LogP contribution in [0.15, 0.2) is 0 Å². The van der Waals surface area contributed by atoms with E-state index in [4.69, 9.17) is 0 Å². The smallest absolute Gasteiger partial charge is 0.0499 e. The molecular formula is C14H29NO. The van der Waals surface area contributed by atoms with Gasteiger partial charge in [0.25, 0.3) is 0 Å². The Balaban J connectivity index is 2.39. The zero-order chi connectivity index (χ0) is 12.0. The molecule has 0 aromatic heterocycles. The molecule has 2 nitrogen and oxygen atoms in total. The Labute approximate surface area is 101 Å². The van der Waals surface area contributed by atoms with Crippen molar-refractivity contribution in [3.05, 3.63) is 0 Å². The molecule has 1 atom stereocenters. The molecule has 1 aliphatic rings. The van der Waals surface area contributed by atoms with Gasteiger partial charge in [-0.25, -0.2) is 0 Å². The number of aliphatic hydroxyl groups excluding tert-OH is 1. The molecule has 1 fully saturated rings. The van der Waals surface area contributed by atoms with Crippen LogP contribution in [0, 0.1) is 11.3 Å². The molecule has 0 aromatic rings. The van der Waals surface area contributed by atoms with Crippen LogP contribution in [-0.4, -0.2) is 24.3 Å². The first-order valence-corrected chi connectivity index (χ1v) is 7.05. The van der Waals surface area contributed by atoms with Gasteiger partial charge in [-0.3, -0.25) is 0 Å². The van der Waals surface area contributed by atoms with Crippen LogP contribution in [0.3, 0.4) is 0 Å². The number of nitrogens with one attached hydrogen (secondary N) is 1. The van der Waals surface area contributed by atoms with E-state index in [2.05, 4.69) is 26.1 Å². The molecule has 0 heterocycles. The van der Waals surface area contributed by atoms with Gasteiger partial charge in [-0.05, 0) is 38.0 Å². The van der Waals surface area contributed by atoms with Crippen LogP contribution >= 0.6 is 0 Å². The fourth-order valence-electron chi connectivity index (χ4n) is 2.44. The fourth-order valence-corrected chi connectivity index (χ4v) is 2.44. The Hall–Kier alpha value is -0.0800. The average Bonchev–Trinajstić information content (AvgIpc) is 3.14. The Kier molecular flexibility index (Phi) is 5.77. The summed E-state index contributed by atoms with van der Waals surface area (Å²) in [7, 11) is 0. The fraction of sp³-hybridized carbons (Fsp3) is 1.00. The summed E-state index contributed by atoms with van der Waals surface area (Å²) < 4.78 is 0. The van der Waals surface area contributed by atoms with E-state index >= 15 is 0 Å². The molecule has 0 aromatic carbocycles. The third-order valence-electron chi connectivity index (χ3n) is 4.37. The molecule has 0 amide bonds. The lowest BCUT2D eigenvalue weighted by molar-refractivity contribution is 0.108. The molecule has 2 heteroatoms. The van der Waals surface area contributed by atoms with Crippen LogP contribution in [0.4, 0.5) is 0 Å². The summed E-state index contributed by atoms with van der Waals surface area (Å²) in [5.41, 5.74) is 0.112. The maximum atomic E-state index is 9.53. The molecule has 0 spiro atoms. The quantitative estimate of drug-likeness (QED) is 0.635. The zero-order valence-corrected chi connectivity index (χ0v) is 11.3. The van der Waals surface area contributed by atoms with Gasteiger partial charge in [-0.2, -0.15) is 0 Å². The lowest BCUT2D eigenvalue weighted by atomic mass is 9.83. The van der Waals surface area contributed by atoms with Crippen molar-refractivity contribution in [3.63, 3.8) is 0 Å². The summed E-state index contributed by atoms with van der Waals surface area (Å²) in [4.78, 5) is 0. The topological polar surface area (TPSA) is 32.3 Å². The minimum atomic E-state index is 0.112. The van der Waals surface area contributed by atoms with E-state index in [1.807, 2.05) is 0 Å². The van der Waals surface area contributed by atoms with E-state index in [1.165, 1.54) is 25.7 Å². The second-order valence-electron chi connectivity index (χ2n) is 5.48. The van der Waals surface area contributed by atoms with E-state index in [-0.39, 0.29) is 5.41 Å². The summed E-state index contributed by atoms with van der Waals surface area (Å²) in [5.74, 6) is 0.921. The largest absolute Gasteiger partial charge is 0.396 e. The van der Waals surface area contributed by atoms with E-state index in [1.54, 1.807) is 0 Å². The van der Waals surface area contributed by atoms with Crippen molar-refractivity contribution in [2.45, 2.75) is 65.3 Å². The van der Waals surface area contributed by atoms with Gasteiger partial charge in [0.2, 0.25) is 0 Å². The van der Waals surface area contributed by atoms with Crippen molar-refractivity contribution in [2.24, 2.45) is 11.3 Å². The van der Waals surface area contributed by atoms with Crippen molar-refractivity contribution < 1.29 is 5.11 Å². The van der Waals surface area contributed by atoms with Crippen LogP contribution in [0.5, 0.6) is 0 Å². The molecule has 2 N–H and O–H groups in total. The highest BCUT2D eigenvalue weighted by atomic mass is 16.3. The molecule has 0 bridgehead atoms. The third-order valence-corrected chi connectivity index (χ3v) is 4.37. The maximum Gasteiger partial charge on any atom is 0.0499 e. The molecule has 1 saturated carbocycles. The van der Waals surface area contributed by atoms with Gasteiger partial charge < -0.3 is 10.4 Å². The predicted octanol–water partition coefficient (Wildman–Crippen LogP) is 2.95. The van der Waals surface area contributed by atoms with Gasteiger partial charge in [-0.1, -0.05) is 27.2 Å². The predicted molar refractivity (Wildman–Crippen MR) is 69.5 cm³/mol. The molecule has 1 aliphatic carbocycles. The first kappa shape index (κ1) is 14.0. The van der Waals surface area contributed by atoms with E-state index in [0.29, 0.717) is 12.6 Å². The Morgan fingerprint density at radius 3 is 2.25 bits per heavy atom. The summed E-state index contributed by atoms with van der Waals surface area (Å²) in [6, 6.07) is 0.703. The van der Waals surface area contributed by atoms with E-state index < -0.39 is 0 Å². The second kappa shape index (κ2) is 6.61. The average molecular weight is 227 g/mol. The number of aliphatic hydroxyl groups is 1. The number of rotatable bonds is 9. The molecule has 16 heavy (non-hydrogen) atoms. The Morgan fingerprint density at radius 2 is 1.88 bits per heavy atom. The first-order chi connectivity index (χ1) is 7.71. The molecule has 0 saturated heterocycles. The highest BCUT2D eigenvalue weighted by Crippen LogP contribution is 2.35. The molecule has 0 radical (unpaired) electrons. The monoisotopic (exact) mass is 227 g/mol. The van der Waals surface area contributed by atoms with E-state index in [9.17, 15) is 5.11 Å². The van der Waals surface area contributed by atoms with Gasteiger partial charge >= 0.3 is 0 Å².